The van der Waals surface area contributed by atoms with Crippen LogP contribution in [0.2, 0.25) is 10.2 Å². The first-order chi connectivity index (χ1) is 8.15. The fourth-order valence-corrected chi connectivity index (χ4v) is 1.55. The van der Waals surface area contributed by atoms with Crippen LogP contribution in [0.15, 0.2) is 36.7 Å². The Bertz CT molecular complexity index is 560. The number of carbonyl (C=O) groups excluding carboxylic acids is 1. The van der Waals surface area contributed by atoms with Gasteiger partial charge in [-0.1, -0.05) is 29.3 Å². The van der Waals surface area contributed by atoms with Crippen LogP contribution in [0, 0.1) is 0 Å². The number of anilines is 1. The summed E-state index contributed by atoms with van der Waals surface area (Å²) in [7, 11) is 0. The Morgan fingerprint density at radius 1 is 1.24 bits per heavy atom. The van der Waals surface area contributed by atoms with Gasteiger partial charge >= 0.3 is 0 Å². The molecule has 17 heavy (non-hydrogen) atoms. The van der Waals surface area contributed by atoms with Crippen molar-refractivity contribution >= 4 is 34.8 Å². The van der Waals surface area contributed by atoms with E-state index >= 15 is 0 Å². The molecule has 1 N–H and O–H groups in total. The first kappa shape index (κ1) is 11.8. The van der Waals surface area contributed by atoms with Gasteiger partial charge in [0.25, 0.3) is 5.91 Å². The number of rotatable bonds is 2. The highest BCUT2D eigenvalue weighted by molar-refractivity contribution is 6.31. The van der Waals surface area contributed by atoms with Gasteiger partial charge in [0.05, 0.1) is 12.4 Å². The van der Waals surface area contributed by atoms with Crippen LogP contribution in [0.5, 0.6) is 0 Å². The van der Waals surface area contributed by atoms with Gasteiger partial charge < -0.3 is 5.32 Å². The van der Waals surface area contributed by atoms with E-state index in [1.165, 1.54) is 12.4 Å². The van der Waals surface area contributed by atoms with Gasteiger partial charge in [-0.15, -0.1) is 0 Å². The van der Waals surface area contributed by atoms with Gasteiger partial charge in [-0.05, 0) is 18.2 Å². The molecule has 0 fully saturated rings. The fraction of sp³-hybridized carbons (Fsp3) is 0. The maximum atomic E-state index is 11.8. The zero-order valence-electron chi connectivity index (χ0n) is 8.52. The minimum atomic E-state index is -0.387. The molecule has 4 nitrogen and oxygen atoms in total. The maximum absolute atomic E-state index is 11.8. The first-order valence-electron chi connectivity index (χ1n) is 4.69. The van der Waals surface area contributed by atoms with Gasteiger partial charge in [-0.3, -0.25) is 9.78 Å². The van der Waals surface area contributed by atoms with Crippen LogP contribution in [0.3, 0.4) is 0 Å². The lowest BCUT2D eigenvalue weighted by molar-refractivity contribution is 0.102. The van der Waals surface area contributed by atoms with Gasteiger partial charge in [0, 0.05) is 10.7 Å². The van der Waals surface area contributed by atoms with E-state index in [-0.39, 0.29) is 16.8 Å². The van der Waals surface area contributed by atoms with Crippen molar-refractivity contribution in [2.75, 3.05) is 5.32 Å². The average molecular weight is 268 g/mol. The Labute approximate surface area is 108 Å². The number of nitrogens with one attached hydrogen (secondary N) is 1. The zero-order chi connectivity index (χ0) is 12.3. The molecule has 1 amide bonds. The lowest BCUT2D eigenvalue weighted by Crippen LogP contribution is -2.13. The van der Waals surface area contributed by atoms with Crippen molar-refractivity contribution in [2.45, 2.75) is 0 Å². The summed E-state index contributed by atoms with van der Waals surface area (Å²) in [4.78, 5) is 19.4. The Balaban J connectivity index is 2.17. The predicted molar refractivity (Wildman–Crippen MR) is 66.4 cm³/mol. The molecule has 1 aromatic heterocycles. The summed E-state index contributed by atoms with van der Waals surface area (Å²) < 4.78 is 0. The van der Waals surface area contributed by atoms with Crippen molar-refractivity contribution < 1.29 is 4.79 Å². The van der Waals surface area contributed by atoms with E-state index in [0.717, 1.165) is 0 Å². The molecule has 86 valence electrons. The van der Waals surface area contributed by atoms with Crippen molar-refractivity contribution in [1.29, 1.82) is 0 Å². The Hall–Kier alpha value is -1.65. The Morgan fingerprint density at radius 2 is 2.06 bits per heavy atom. The number of hydrogen-bond acceptors (Lipinski definition) is 3. The summed E-state index contributed by atoms with van der Waals surface area (Å²) in [6.07, 6.45) is 2.70. The van der Waals surface area contributed by atoms with Crippen LogP contribution in [-0.4, -0.2) is 15.9 Å². The smallest absolute Gasteiger partial charge is 0.275 e. The van der Waals surface area contributed by atoms with Crippen LogP contribution in [-0.2, 0) is 0 Å². The normalized spacial score (nSPS) is 10.0. The van der Waals surface area contributed by atoms with E-state index in [2.05, 4.69) is 15.3 Å². The molecule has 2 rings (SSSR count). The lowest BCUT2D eigenvalue weighted by atomic mass is 10.3. The van der Waals surface area contributed by atoms with Crippen LogP contribution in [0.1, 0.15) is 10.5 Å². The molecule has 0 atom stereocenters. The topological polar surface area (TPSA) is 54.9 Å². The molecule has 0 spiro atoms. The van der Waals surface area contributed by atoms with E-state index in [9.17, 15) is 4.79 Å². The average Bonchev–Trinajstić information content (AvgIpc) is 2.29. The number of halogens is 2. The van der Waals surface area contributed by atoms with Gasteiger partial charge in [0.1, 0.15) is 10.8 Å². The third-order valence-corrected chi connectivity index (χ3v) is 2.34. The third kappa shape index (κ3) is 3.15. The molecule has 1 aromatic carbocycles. The number of hydrogen-bond donors (Lipinski definition) is 1. The summed E-state index contributed by atoms with van der Waals surface area (Å²) >= 11 is 11.4. The molecule has 0 bridgehead atoms. The van der Waals surface area contributed by atoms with E-state index in [4.69, 9.17) is 23.2 Å². The molecule has 0 aliphatic rings. The van der Waals surface area contributed by atoms with E-state index in [1.807, 2.05) is 0 Å². The van der Waals surface area contributed by atoms with Crippen LogP contribution < -0.4 is 5.32 Å². The largest absolute Gasteiger partial charge is 0.321 e. The molecule has 0 radical (unpaired) electrons. The molecule has 0 aliphatic carbocycles. The molecule has 1 heterocycles. The van der Waals surface area contributed by atoms with E-state index in [1.54, 1.807) is 24.3 Å². The molecule has 0 saturated heterocycles. The molecule has 0 aliphatic heterocycles. The van der Waals surface area contributed by atoms with E-state index in [0.29, 0.717) is 10.7 Å². The molecule has 0 unspecified atom stereocenters. The standard InChI is InChI=1S/C11H7Cl2N3O/c12-7-2-1-3-8(4-7)15-11(17)9-5-14-6-10(13)16-9/h1-6H,(H,15,17). The summed E-state index contributed by atoms with van der Waals surface area (Å²) in [5.41, 5.74) is 0.738. The fourth-order valence-electron chi connectivity index (χ4n) is 1.21. The Morgan fingerprint density at radius 3 is 2.76 bits per heavy atom. The molecular weight excluding hydrogens is 261 g/mol. The van der Waals surface area contributed by atoms with Crippen molar-refractivity contribution in [3.63, 3.8) is 0 Å². The van der Waals surface area contributed by atoms with E-state index < -0.39 is 0 Å². The quantitative estimate of drug-likeness (QED) is 0.910. The summed E-state index contributed by atoms with van der Waals surface area (Å²) in [6, 6.07) is 6.82. The highest BCUT2D eigenvalue weighted by atomic mass is 35.5. The second-order valence-electron chi connectivity index (χ2n) is 3.19. The highest BCUT2D eigenvalue weighted by Gasteiger charge is 2.08. The third-order valence-electron chi connectivity index (χ3n) is 1.92. The van der Waals surface area contributed by atoms with Crippen molar-refractivity contribution in [3.05, 3.63) is 52.5 Å². The lowest BCUT2D eigenvalue weighted by Gasteiger charge is -2.04. The zero-order valence-corrected chi connectivity index (χ0v) is 10.0. The predicted octanol–water partition coefficient (Wildman–Crippen LogP) is 3.04. The second kappa shape index (κ2) is 5.12. The van der Waals surface area contributed by atoms with Crippen molar-refractivity contribution in [1.82, 2.24) is 9.97 Å². The second-order valence-corrected chi connectivity index (χ2v) is 4.02. The summed E-state index contributed by atoms with van der Waals surface area (Å²) in [6.45, 7) is 0. The summed E-state index contributed by atoms with van der Waals surface area (Å²) in [5.74, 6) is -0.387. The number of benzene rings is 1. The number of nitrogens with zero attached hydrogens (tertiary/aromatic N) is 2. The van der Waals surface area contributed by atoms with Crippen molar-refractivity contribution in [3.8, 4) is 0 Å². The number of aromatic nitrogens is 2. The summed E-state index contributed by atoms with van der Waals surface area (Å²) in [5, 5.41) is 3.35. The van der Waals surface area contributed by atoms with Gasteiger partial charge in [0.2, 0.25) is 0 Å². The van der Waals surface area contributed by atoms with Crippen molar-refractivity contribution in [2.24, 2.45) is 0 Å². The van der Waals surface area contributed by atoms with Crippen LogP contribution in [0.4, 0.5) is 5.69 Å². The minimum absolute atomic E-state index is 0.150. The number of amides is 1. The van der Waals surface area contributed by atoms with Gasteiger partial charge in [-0.2, -0.15) is 0 Å². The SMILES string of the molecule is O=C(Nc1cccc(Cl)c1)c1cncc(Cl)n1. The molecule has 6 heteroatoms. The molecule has 2 aromatic rings. The first-order valence-corrected chi connectivity index (χ1v) is 5.45. The van der Waals surface area contributed by atoms with Crippen LogP contribution in [0.25, 0.3) is 0 Å². The maximum Gasteiger partial charge on any atom is 0.275 e. The van der Waals surface area contributed by atoms with Crippen LogP contribution >= 0.6 is 23.2 Å². The monoisotopic (exact) mass is 267 g/mol. The minimum Gasteiger partial charge on any atom is -0.321 e. The Kier molecular flexibility index (Phi) is 3.56. The molecular formula is C11H7Cl2N3O. The van der Waals surface area contributed by atoms with Gasteiger partial charge in [0.15, 0.2) is 0 Å². The highest BCUT2D eigenvalue weighted by Crippen LogP contribution is 2.15. The van der Waals surface area contributed by atoms with Gasteiger partial charge in [-0.25, -0.2) is 4.98 Å². The molecule has 0 saturated carbocycles. The number of carbonyl (C=O) groups is 1.